The average molecular weight is 314 g/mol. The van der Waals surface area contributed by atoms with Gasteiger partial charge < -0.3 is 5.32 Å². The van der Waals surface area contributed by atoms with E-state index in [1.165, 1.54) is 0 Å². The van der Waals surface area contributed by atoms with Gasteiger partial charge in [-0.15, -0.1) is 11.3 Å². The largest absolute Gasteiger partial charge is 0.345 e. The van der Waals surface area contributed by atoms with Gasteiger partial charge in [-0.2, -0.15) is 4.68 Å². The van der Waals surface area contributed by atoms with Crippen LogP contribution in [0.3, 0.4) is 0 Å². The summed E-state index contributed by atoms with van der Waals surface area (Å²) >= 11 is 1.69. The third-order valence-corrected chi connectivity index (χ3v) is 4.46. The Hall–Kier alpha value is -2.28. The summed E-state index contributed by atoms with van der Waals surface area (Å²) in [5, 5.41) is 18.4. The predicted octanol–water partition coefficient (Wildman–Crippen LogP) is 3.42. The molecule has 1 unspecified atom stereocenters. The number of hydrogen-bond acceptors (Lipinski definition) is 6. The Bertz CT molecular complexity index is 733. The Kier molecular flexibility index (Phi) is 4.15. The molecule has 0 amide bonds. The van der Waals surface area contributed by atoms with Gasteiger partial charge in [0, 0.05) is 11.3 Å². The molecule has 0 aliphatic rings. The molecule has 2 heterocycles. The molecule has 3 rings (SSSR count). The van der Waals surface area contributed by atoms with Gasteiger partial charge in [-0.1, -0.05) is 37.1 Å². The fraction of sp³-hybridized carbons (Fsp3) is 0.333. The third-order valence-electron chi connectivity index (χ3n) is 3.29. The Labute approximate surface area is 133 Å². The Morgan fingerprint density at radius 1 is 1.14 bits per heavy atom. The second-order valence-corrected chi connectivity index (χ2v) is 6.27. The molecule has 0 saturated heterocycles. The molecule has 0 fully saturated rings. The van der Waals surface area contributed by atoms with Gasteiger partial charge in [-0.3, -0.25) is 0 Å². The van der Waals surface area contributed by atoms with Crippen molar-refractivity contribution in [3.05, 3.63) is 46.4 Å². The zero-order valence-corrected chi connectivity index (χ0v) is 13.6. The normalized spacial score (nSPS) is 12.5. The van der Waals surface area contributed by atoms with E-state index in [-0.39, 0.29) is 6.04 Å². The first-order chi connectivity index (χ1) is 10.6. The number of thiazole rings is 1. The highest BCUT2D eigenvalue weighted by molar-refractivity contribution is 7.09. The summed E-state index contributed by atoms with van der Waals surface area (Å²) in [6.45, 7) is 6.36. The molecular formula is C15H18N6S. The van der Waals surface area contributed by atoms with Crippen molar-refractivity contribution in [2.45, 2.75) is 32.7 Å². The van der Waals surface area contributed by atoms with Crippen LogP contribution < -0.4 is 5.32 Å². The Balaban J connectivity index is 1.80. The lowest BCUT2D eigenvalue weighted by Gasteiger charge is -2.12. The maximum atomic E-state index is 4.67. The van der Waals surface area contributed by atoms with Gasteiger partial charge in [0.25, 0.3) is 0 Å². The summed E-state index contributed by atoms with van der Waals surface area (Å²) in [6, 6.07) is 9.85. The number of anilines is 1. The van der Waals surface area contributed by atoms with Crippen molar-refractivity contribution in [1.29, 1.82) is 0 Å². The molecule has 1 N–H and O–H groups in total. The molecule has 1 atom stereocenters. The molecule has 2 aromatic heterocycles. The van der Waals surface area contributed by atoms with E-state index in [4.69, 9.17) is 0 Å². The second kappa shape index (κ2) is 6.23. The molecule has 0 spiro atoms. The number of para-hydroxylation sites is 1. The first kappa shape index (κ1) is 14.6. The quantitative estimate of drug-likeness (QED) is 0.781. The highest BCUT2D eigenvalue weighted by Crippen LogP contribution is 2.24. The van der Waals surface area contributed by atoms with Gasteiger partial charge in [-0.25, -0.2) is 4.98 Å². The summed E-state index contributed by atoms with van der Waals surface area (Å²) in [5.74, 6) is 1.05. The summed E-state index contributed by atoms with van der Waals surface area (Å²) in [4.78, 5) is 4.67. The Morgan fingerprint density at radius 2 is 1.91 bits per heavy atom. The van der Waals surface area contributed by atoms with Crippen LogP contribution in [0.25, 0.3) is 5.69 Å². The molecule has 0 bridgehead atoms. The SMILES string of the molecule is CC(C)c1nc(C(C)Nc2nnnn2-c2ccccc2)cs1. The highest BCUT2D eigenvalue weighted by Gasteiger charge is 2.15. The van der Waals surface area contributed by atoms with Gasteiger partial charge in [-0.05, 0) is 29.5 Å². The smallest absolute Gasteiger partial charge is 0.248 e. The molecule has 114 valence electrons. The molecule has 0 aliphatic carbocycles. The van der Waals surface area contributed by atoms with Crippen molar-refractivity contribution < 1.29 is 0 Å². The van der Waals surface area contributed by atoms with Crippen molar-refractivity contribution in [2.75, 3.05) is 5.32 Å². The monoisotopic (exact) mass is 314 g/mol. The maximum absolute atomic E-state index is 4.67. The van der Waals surface area contributed by atoms with Gasteiger partial charge in [0.15, 0.2) is 0 Å². The number of nitrogens with zero attached hydrogens (tertiary/aromatic N) is 5. The van der Waals surface area contributed by atoms with Crippen LogP contribution in [0.5, 0.6) is 0 Å². The first-order valence-electron chi connectivity index (χ1n) is 7.21. The lowest BCUT2D eigenvalue weighted by molar-refractivity contribution is 0.768. The highest BCUT2D eigenvalue weighted by atomic mass is 32.1. The number of nitrogens with one attached hydrogen (secondary N) is 1. The number of aromatic nitrogens is 5. The zero-order chi connectivity index (χ0) is 15.5. The maximum Gasteiger partial charge on any atom is 0.248 e. The fourth-order valence-corrected chi connectivity index (χ4v) is 2.98. The number of hydrogen-bond donors (Lipinski definition) is 1. The first-order valence-corrected chi connectivity index (χ1v) is 8.08. The molecular weight excluding hydrogens is 296 g/mol. The van der Waals surface area contributed by atoms with Gasteiger partial charge in [0.2, 0.25) is 5.95 Å². The lowest BCUT2D eigenvalue weighted by atomic mass is 10.2. The van der Waals surface area contributed by atoms with Crippen LogP contribution in [0, 0.1) is 0 Å². The van der Waals surface area contributed by atoms with E-state index in [2.05, 4.69) is 52.0 Å². The second-order valence-electron chi connectivity index (χ2n) is 5.38. The molecule has 0 radical (unpaired) electrons. The fourth-order valence-electron chi connectivity index (χ4n) is 2.05. The third kappa shape index (κ3) is 2.99. The molecule has 6 nitrogen and oxygen atoms in total. The summed E-state index contributed by atoms with van der Waals surface area (Å²) in [6.07, 6.45) is 0. The van der Waals surface area contributed by atoms with E-state index in [0.717, 1.165) is 16.4 Å². The minimum absolute atomic E-state index is 0.0391. The van der Waals surface area contributed by atoms with Crippen LogP contribution >= 0.6 is 11.3 Å². The minimum Gasteiger partial charge on any atom is -0.345 e. The molecule has 7 heteroatoms. The van der Waals surface area contributed by atoms with E-state index in [1.54, 1.807) is 16.0 Å². The molecule has 0 saturated carbocycles. The van der Waals surface area contributed by atoms with E-state index >= 15 is 0 Å². The molecule has 3 aromatic rings. The number of tetrazole rings is 1. The Morgan fingerprint density at radius 3 is 2.59 bits per heavy atom. The number of rotatable bonds is 5. The van der Waals surface area contributed by atoms with Crippen molar-refractivity contribution in [3.63, 3.8) is 0 Å². The van der Waals surface area contributed by atoms with Crippen molar-refractivity contribution in [1.82, 2.24) is 25.2 Å². The molecule has 1 aromatic carbocycles. The van der Waals surface area contributed by atoms with Crippen LogP contribution in [-0.2, 0) is 0 Å². The van der Waals surface area contributed by atoms with E-state index < -0.39 is 0 Å². The van der Waals surface area contributed by atoms with Crippen LogP contribution in [-0.4, -0.2) is 25.2 Å². The van der Waals surface area contributed by atoms with Crippen molar-refractivity contribution >= 4 is 17.3 Å². The van der Waals surface area contributed by atoms with Crippen molar-refractivity contribution in [3.8, 4) is 5.69 Å². The van der Waals surface area contributed by atoms with Crippen molar-refractivity contribution in [2.24, 2.45) is 0 Å². The van der Waals surface area contributed by atoms with Gasteiger partial charge in [0.1, 0.15) is 0 Å². The zero-order valence-electron chi connectivity index (χ0n) is 12.8. The number of benzene rings is 1. The van der Waals surface area contributed by atoms with Crippen LogP contribution in [0.15, 0.2) is 35.7 Å². The van der Waals surface area contributed by atoms with E-state index in [0.29, 0.717) is 11.9 Å². The summed E-state index contributed by atoms with van der Waals surface area (Å²) in [7, 11) is 0. The minimum atomic E-state index is 0.0391. The van der Waals surface area contributed by atoms with Gasteiger partial charge in [0.05, 0.1) is 22.4 Å². The van der Waals surface area contributed by atoms with Crippen LogP contribution in [0.2, 0.25) is 0 Å². The van der Waals surface area contributed by atoms with E-state index in [9.17, 15) is 0 Å². The lowest BCUT2D eigenvalue weighted by Crippen LogP contribution is -2.12. The standard InChI is InChI=1S/C15H18N6S/c1-10(2)14-17-13(9-22-14)11(3)16-15-18-19-20-21(15)12-7-5-4-6-8-12/h4-11H,1-3H3,(H,16,18,20). The van der Waals surface area contributed by atoms with E-state index in [1.807, 2.05) is 30.3 Å². The molecule has 0 aliphatic heterocycles. The topological polar surface area (TPSA) is 68.5 Å². The summed E-state index contributed by atoms with van der Waals surface area (Å²) in [5.41, 5.74) is 1.93. The predicted molar refractivity (Wildman–Crippen MR) is 87.4 cm³/mol. The van der Waals surface area contributed by atoms with Gasteiger partial charge >= 0.3 is 0 Å². The summed E-state index contributed by atoms with van der Waals surface area (Å²) < 4.78 is 1.69. The molecule has 22 heavy (non-hydrogen) atoms. The van der Waals surface area contributed by atoms with Crippen LogP contribution in [0.4, 0.5) is 5.95 Å². The average Bonchev–Trinajstić information content (AvgIpc) is 3.17. The van der Waals surface area contributed by atoms with Crippen LogP contribution in [0.1, 0.15) is 43.4 Å².